The number of halogens is 1. The van der Waals surface area contributed by atoms with Gasteiger partial charge in [0.05, 0.1) is 4.90 Å². The first-order valence-corrected chi connectivity index (χ1v) is 15.2. The number of rotatable bonds is 7. The quantitative estimate of drug-likeness (QED) is 0.444. The number of carbonyl (C=O) groups is 3. The molecule has 2 aliphatic rings. The lowest BCUT2D eigenvalue weighted by Crippen LogP contribution is -2.55. The average Bonchev–Trinajstić information content (AvgIpc) is 3.31. The fourth-order valence-electron chi connectivity index (χ4n) is 5.36. The number of hydrogen-bond donors (Lipinski definition) is 2. The Bertz CT molecular complexity index is 1550. The number of benzene rings is 3. The fraction of sp³-hybridized carbons (Fsp3) is 0.345. The first-order chi connectivity index (χ1) is 19.1. The van der Waals surface area contributed by atoms with Crippen molar-refractivity contribution in [3.63, 3.8) is 0 Å². The molecule has 5 rings (SSSR count). The van der Waals surface area contributed by atoms with Crippen molar-refractivity contribution < 1.29 is 22.8 Å². The SMILES string of the molecule is C[C@H](C(=O)N1CCCC(NC(=O)c2ccccc2)C1)N1CC[C@H](NS(=O)(=O)c2ccc3cc(Cl)ccc3c2)C1=O. The van der Waals surface area contributed by atoms with Crippen LogP contribution in [0.1, 0.15) is 36.5 Å². The smallest absolute Gasteiger partial charge is 0.251 e. The Morgan fingerprint density at radius 1 is 0.975 bits per heavy atom. The van der Waals surface area contributed by atoms with Gasteiger partial charge in [0.25, 0.3) is 5.91 Å². The van der Waals surface area contributed by atoms with Crippen LogP contribution in [0.3, 0.4) is 0 Å². The summed E-state index contributed by atoms with van der Waals surface area (Å²) in [6.07, 6.45) is 1.74. The Morgan fingerprint density at radius 3 is 2.48 bits per heavy atom. The van der Waals surface area contributed by atoms with E-state index in [0.717, 1.165) is 18.2 Å². The van der Waals surface area contributed by atoms with Crippen molar-refractivity contribution in [3.05, 3.63) is 77.3 Å². The molecule has 0 bridgehead atoms. The van der Waals surface area contributed by atoms with E-state index in [1.807, 2.05) is 6.07 Å². The highest BCUT2D eigenvalue weighted by atomic mass is 35.5. The van der Waals surface area contributed by atoms with Gasteiger partial charge in [-0.3, -0.25) is 14.4 Å². The van der Waals surface area contributed by atoms with E-state index in [0.29, 0.717) is 29.1 Å². The zero-order valence-corrected chi connectivity index (χ0v) is 23.6. The lowest BCUT2D eigenvalue weighted by Gasteiger charge is -2.36. The van der Waals surface area contributed by atoms with E-state index in [1.54, 1.807) is 66.4 Å². The molecule has 3 amide bonds. The molecule has 2 fully saturated rings. The van der Waals surface area contributed by atoms with Gasteiger partial charge in [-0.15, -0.1) is 0 Å². The second-order valence-electron chi connectivity index (χ2n) is 10.3. The molecule has 2 heterocycles. The van der Waals surface area contributed by atoms with Crippen LogP contribution in [-0.2, 0) is 19.6 Å². The van der Waals surface area contributed by atoms with Crippen LogP contribution in [0.2, 0.25) is 5.02 Å². The molecule has 9 nitrogen and oxygen atoms in total. The molecule has 3 aromatic rings. The molecule has 1 unspecified atom stereocenters. The third-order valence-electron chi connectivity index (χ3n) is 7.55. The summed E-state index contributed by atoms with van der Waals surface area (Å²) >= 11 is 6.02. The predicted molar refractivity (Wildman–Crippen MR) is 152 cm³/mol. The largest absolute Gasteiger partial charge is 0.348 e. The molecule has 0 radical (unpaired) electrons. The van der Waals surface area contributed by atoms with E-state index >= 15 is 0 Å². The second kappa shape index (κ2) is 11.6. The molecule has 3 aromatic carbocycles. The van der Waals surface area contributed by atoms with Gasteiger partial charge in [-0.1, -0.05) is 41.9 Å². The Hall–Kier alpha value is -3.47. The highest BCUT2D eigenvalue weighted by molar-refractivity contribution is 7.89. The van der Waals surface area contributed by atoms with Gasteiger partial charge in [0.1, 0.15) is 12.1 Å². The number of amides is 3. The summed E-state index contributed by atoms with van der Waals surface area (Å²) < 4.78 is 28.7. The van der Waals surface area contributed by atoms with E-state index < -0.39 is 28.0 Å². The Labute approximate surface area is 238 Å². The van der Waals surface area contributed by atoms with Gasteiger partial charge in [0.2, 0.25) is 21.8 Å². The van der Waals surface area contributed by atoms with E-state index in [1.165, 1.54) is 11.0 Å². The molecule has 11 heteroatoms. The molecule has 0 aliphatic carbocycles. The summed E-state index contributed by atoms with van der Waals surface area (Å²) in [7, 11) is -3.98. The van der Waals surface area contributed by atoms with Crippen LogP contribution in [-0.4, -0.2) is 73.7 Å². The van der Waals surface area contributed by atoms with Gasteiger partial charge < -0.3 is 15.1 Å². The molecule has 2 N–H and O–H groups in total. The number of likely N-dealkylation sites (tertiary alicyclic amines) is 2. The highest BCUT2D eigenvalue weighted by Gasteiger charge is 2.40. The van der Waals surface area contributed by atoms with Crippen LogP contribution in [0.25, 0.3) is 10.8 Å². The molecular weight excluding hydrogens is 552 g/mol. The number of piperidine rings is 1. The number of sulfonamides is 1. The minimum Gasteiger partial charge on any atom is -0.348 e. The Kier molecular flexibility index (Phi) is 8.11. The van der Waals surface area contributed by atoms with Crippen molar-refractivity contribution in [1.29, 1.82) is 0 Å². The van der Waals surface area contributed by atoms with Crippen LogP contribution in [0.15, 0.2) is 71.6 Å². The van der Waals surface area contributed by atoms with Crippen LogP contribution in [0, 0.1) is 0 Å². The van der Waals surface area contributed by atoms with E-state index in [-0.39, 0.29) is 35.7 Å². The third-order valence-corrected chi connectivity index (χ3v) is 9.25. The first kappa shape index (κ1) is 28.1. The highest BCUT2D eigenvalue weighted by Crippen LogP contribution is 2.24. The van der Waals surface area contributed by atoms with Crippen molar-refractivity contribution in [1.82, 2.24) is 19.8 Å². The molecule has 3 atom stereocenters. The van der Waals surface area contributed by atoms with Crippen molar-refractivity contribution in [2.75, 3.05) is 19.6 Å². The number of nitrogens with zero attached hydrogens (tertiary/aromatic N) is 2. The summed E-state index contributed by atoms with van der Waals surface area (Å²) in [5, 5.41) is 5.08. The minimum absolute atomic E-state index is 0.0506. The first-order valence-electron chi connectivity index (χ1n) is 13.3. The van der Waals surface area contributed by atoms with Gasteiger partial charge in [0.15, 0.2) is 0 Å². The number of hydrogen-bond acceptors (Lipinski definition) is 5. The maximum Gasteiger partial charge on any atom is 0.251 e. The van der Waals surface area contributed by atoms with Gasteiger partial charge >= 0.3 is 0 Å². The lowest BCUT2D eigenvalue weighted by molar-refractivity contribution is -0.144. The van der Waals surface area contributed by atoms with Crippen LogP contribution >= 0.6 is 11.6 Å². The lowest BCUT2D eigenvalue weighted by atomic mass is 10.0. The molecule has 210 valence electrons. The van der Waals surface area contributed by atoms with Crippen molar-refractivity contribution in [2.24, 2.45) is 0 Å². The minimum atomic E-state index is -3.98. The molecule has 0 spiro atoms. The summed E-state index contributed by atoms with van der Waals surface area (Å²) in [6.45, 7) is 2.81. The normalized spacial score (nSPS) is 20.5. The van der Waals surface area contributed by atoms with Crippen molar-refractivity contribution in [3.8, 4) is 0 Å². The summed E-state index contributed by atoms with van der Waals surface area (Å²) in [6, 6.07) is 16.9. The predicted octanol–water partition coefficient (Wildman–Crippen LogP) is 3.18. The summed E-state index contributed by atoms with van der Waals surface area (Å²) in [5.74, 6) is -0.834. The monoisotopic (exact) mass is 582 g/mol. The molecule has 2 saturated heterocycles. The van der Waals surface area contributed by atoms with Crippen molar-refractivity contribution in [2.45, 2.75) is 49.2 Å². The fourth-order valence-corrected chi connectivity index (χ4v) is 6.80. The molecule has 0 saturated carbocycles. The van der Waals surface area contributed by atoms with Gasteiger partial charge in [-0.25, -0.2) is 8.42 Å². The van der Waals surface area contributed by atoms with Crippen LogP contribution in [0.4, 0.5) is 0 Å². The van der Waals surface area contributed by atoms with E-state index in [9.17, 15) is 22.8 Å². The van der Waals surface area contributed by atoms with Gasteiger partial charge in [0, 0.05) is 36.3 Å². The number of carbonyl (C=O) groups excluding carboxylic acids is 3. The van der Waals surface area contributed by atoms with Crippen LogP contribution in [0.5, 0.6) is 0 Å². The van der Waals surface area contributed by atoms with Gasteiger partial charge in [-0.05, 0) is 73.4 Å². The second-order valence-corrected chi connectivity index (χ2v) is 12.4. The average molecular weight is 583 g/mol. The van der Waals surface area contributed by atoms with Crippen LogP contribution < -0.4 is 10.0 Å². The van der Waals surface area contributed by atoms with E-state index in [4.69, 9.17) is 11.6 Å². The zero-order valence-electron chi connectivity index (χ0n) is 22.0. The van der Waals surface area contributed by atoms with Crippen molar-refractivity contribution >= 4 is 50.1 Å². The maximum atomic E-state index is 13.4. The Morgan fingerprint density at radius 2 is 1.70 bits per heavy atom. The standard InChI is InChI=1S/C29H31ClN4O5S/c1-19(28(36)33-14-5-8-24(18-33)31-27(35)20-6-3-2-4-7-20)34-15-13-26(29(34)37)32-40(38,39)25-12-10-21-16-23(30)11-9-22(21)17-25/h2-4,6-7,9-12,16-17,19,24,26,32H,5,8,13-15,18H2,1H3,(H,31,35)/t19-,24?,26+/m1/s1. The molecule has 0 aromatic heterocycles. The Balaban J connectivity index is 1.20. The topological polar surface area (TPSA) is 116 Å². The summed E-state index contributed by atoms with van der Waals surface area (Å²) in [5.41, 5.74) is 0.559. The molecule has 40 heavy (non-hydrogen) atoms. The third kappa shape index (κ3) is 5.99. The number of nitrogens with one attached hydrogen (secondary N) is 2. The molecular formula is C29H31ClN4O5S. The molecule has 2 aliphatic heterocycles. The summed E-state index contributed by atoms with van der Waals surface area (Å²) in [4.78, 5) is 42.3. The van der Waals surface area contributed by atoms with Gasteiger partial charge in [-0.2, -0.15) is 4.72 Å². The van der Waals surface area contributed by atoms with E-state index in [2.05, 4.69) is 10.0 Å². The number of fused-ring (bicyclic) bond motifs is 1. The zero-order chi connectivity index (χ0) is 28.4. The maximum absolute atomic E-state index is 13.4.